The number of amides is 2. The Morgan fingerprint density at radius 2 is 2.17 bits per heavy atom. The van der Waals surface area contributed by atoms with Crippen LogP contribution in [-0.4, -0.2) is 39.9 Å². The summed E-state index contributed by atoms with van der Waals surface area (Å²) in [4.78, 5) is 13.8. The Labute approximate surface area is 140 Å². The van der Waals surface area contributed by atoms with Gasteiger partial charge in [-0.3, -0.25) is 4.68 Å². The molecule has 0 saturated carbocycles. The number of aryl methyl sites for hydroxylation is 1. The van der Waals surface area contributed by atoms with E-state index in [0.717, 1.165) is 13.0 Å². The molecule has 0 spiro atoms. The fourth-order valence-corrected chi connectivity index (χ4v) is 2.46. The number of anilines is 1. The molecule has 0 aliphatic carbocycles. The SMILES string of the molecule is CCCn1cc(NC(=O)N2CC(Oc3ccc(C#N)cc3)C2)cn1. The molecular weight excluding hydrogens is 306 g/mol. The summed E-state index contributed by atoms with van der Waals surface area (Å²) in [5.74, 6) is 0.708. The first-order valence-corrected chi connectivity index (χ1v) is 7.93. The molecule has 7 nitrogen and oxygen atoms in total. The van der Waals surface area contributed by atoms with Gasteiger partial charge >= 0.3 is 6.03 Å². The molecule has 1 aromatic heterocycles. The van der Waals surface area contributed by atoms with Crippen molar-refractivity contribution in [2.75, 3.05) is 18.4 Å². The van der Waals surface area contributed by atoms with Crippen LogP contribution in [0.1, 0.15) is 18.9 Å². The average Bonchev–Trinajstić information content (AvgIpc) is 2.98. The second kappa shape index (κ2) is 7.04. The molecule has 1 aromatic carbocycles. The Bertz CT molecular complexity index is 741. The number of benzene rings is 1. The summed E-state index contributed by atoms with van der Waals surface area (Å²) in [7, 11) is 0. The van der Waals surface area contributed by atoms with Gasteiger partial charge < -0.3 is 15.0 Å². The monoisotopic (exact) mass is 325 g/mol. The van der Waals surface area contributed by atoms with Gasteiger partial charge in [0, 0.05) is 12.7 Å². The highest BCUT2D eigenvalue weighted by Gasteiger charge is 2.32. The van der Waals surface area contributed by atoms with Crippen molar-refractivity contribution in [3.63, 3.8) is 0 Å². The largest absolute Gasteiger partial charge is 0.487 e. The molecule has 0 bridgehead atoms. The maximum Gasteiger partial charge on any atom is 0.322 e. The van der Waals surface area contributed by atoms with Gasteiger partial charge in [0.1, 0.15) is 11.9 Å². The second-order valence-corrected chi connectivity index (χ2v) is 5.70. The first kappa shape index (κ1) is 15.9. The molecule has 2 aromatic rings. The molecule has 3 rings (SSSR count). The van der Waals surface area contributed by atoms with Crippen LogP contribution in [0.15, 0.2) is 36.7 Å². The van der Waals surface area contributed by atoms with Crippen LogP contribution in [0, 0.1) is 11.3 Å². The topological polar surface area (TPSA) is 83.2 Å². The van der Waals surface area contributed by atoms with E-state index in [0.29, 0.717) is 30.1 Å². The van der Waals surface area contributed by atoms with Crippen molar-refractivity contribution < 1.29 is 9.53 Å². The Morgan fingerprint density at radius 1 is 1.42 bits per heavy atom. The summed E-state index contributed by atoms with van der Waals surface area (Å²) in [6, 6.07) is 8.88. The van der Waals surface area contributed by atoms with Crippen LogP contribution in [0.3, 0.4) is 0 Å². The first-order chi connectivity index (χ1) is 11.7. The highest BCUT2D eigenvalue weighted by molar-refractivity contribution is 5.89. The summed E-state index contributed by atoms with van der Waals surface area (Å²) in [5, 5.41) is 15.8. The van der Waals surface area contributed by atoms with Crippen LogP contribution >= 0.6 is 0 Å². The summed E-state index contributed by atoms with van der Waals surface area (Å²) < 4.78 is 7.58. The van der Waals surface area contributed by atoms with E-state index >= 15 is 0 Å². The van der Waals surface area contributed by atoms with Crippen molar-refractivity contribution in [3.05, 3.63) is 42.2 Å². The molecule has 124 valence electrons. The number of nitriles is 1. The normalized spacial score (nSPS) is 13.9. The third kappa shape index (κ3) is 3.66. The summed E-state index contributed by atoms with van der Waals surface area (Å²) in [5.41, 5.74) is 1.30. The lowest BCUT2D eigenvalue weighted by molar-refractivity contribution is 0.0493. The van der Waals surface area contributed by atoms with Crippen LogP contribution in [0.4, 0.5) is 10.5 Å². The average molecular weight is 325 g/mol. The van der Waals surface area contributed by atoms with Crippen LogP contribution < -0.4 is 10.1 Å². The lowest BCUT2D eigenvalue weighted by Gasteiger charge is -2.38. The van der Waals surface area contributed by atoms with Crippen LogP contribution in [0.25, 0.3) is 0 Å². The molecule has 1 saturated heterocycles. The number of nitrogens with one attached hydrogen (secondary N) is 1. The number of rotatable bonds is 5. The van der Waals surface area contributed by atoms with Crippen molar-refractivity contribution in [2.45, 2.75) is 26.0 Å². The zero-order chi connectivity index (χ0) is 16.9. The zero-order valence-electron chi connectivity index (χ0n) is 13.5. The van der Waals surface area contributed by atoms with Gasteiger partial charge in [0.05, 0.1) is 36.6 Å². The number of urea groups is 1. The number of carbonyl (C=O) groups excluding carboxylic acids is 1. The van der Waals surface area contributed by atoms with Crippen LogP contribution in [0.2, 0.25) is 0 Å². The van der Waals surface area contributed by atoms with Crippen molar-refractivity contribution >= 4 is 11.7 Å². The number of ether oxygens (including phenoxy) is 1. The van der Waals surface area contributed by atoms with Gasteiger partial charge in [0.15, 0.2) is 0 Å². The molecule has 1 fully saturated rings. The van der Waals surface area contributed by atoms with Gasteiger partial charge in [-0.1, -0.05) is 6.92 Å². The number of likely N-dealkylation sites (tertiary alicyclic amines) is 1. The quantitative estimate of drug-likeness (QED) is 0.915. The van der Waals surface area contributed by atoms with Gasteiger partial charge in [-0.25, -0.2) is 4.79 Å². The Morgan fingerprint density at radius 3 is 2.83 bits per heavy atom. The molecule has 1 N–H and O–H groups in total. The molecule has 2 amide bonds. The number of hydrogen-bond acceptors (Lipinski definition) is 4. The lowest BCUT2D eigenvalue weighted by Crippen LogP contribution is -2.57. The lowest BCUT2D eigenvalue weighted by atomic mass is 10.1. The molecule has 1 aliphatic rings. The number of carbonyl (C=O) groups is 1. The smallest absolute Gasteiger partial charge is 0.322 e. The third-order valence-electron chi connectivity index (χ3n) is 3.76. The molecular formula is C17H19N5O2. The van der Waals surface area contributed by atoms with Crippen LogP contribution in [0.5, 0.6) is 5.75 Å². The first-order valence-electron chi connectivity index (χ1n) is 7.93. The molecule has 2 heterocycles. The van der Waals surface area contributed by atoms with Gasteiger partial charge in [0.25, 0.3) is 0 Å². The summed E-state index contributed by atoms with van der Waals surface area (Å²) in [6.45, 7) is 3.98. The molecule has 24 heavy (non-hydrogen) atoms. The van der Waals surface area contributed by atoms with Gasteiger partial charge in [-0.2, -0.15) is 10.4 Å². The van der Waals surface area contributed by atoms with E-state index in [-0.39, 0.29) is 12.1 Å². The number of nitrogens with zero attached hydrogens (tertiary/aromatic N) is 4. The molecule has 0 radical (unpaired) electrons. The van der Waals surface area contributed by atoms with E-state index in [1.165, 1.54) is 0 Å². The molecule has 7 heteroatoms. The molecule has 0 atom stereocenters. The fourth-order valence-electron chi connectivity index (χ4n) is 2.46. The van der Waals surface area contributed by atoms with Gasteiger partial charge in [-0.05, 0) is 30.7 Å². The fraction of sp³-hybridized carbons (Fsp3) is 0.353. The minimum Gasteiger partial charge on any atom is -0.487 e. The van der Waals surface area contributed by atoms with Gasteiger partial charge in [-0.15, -0.1) is 0 Å². The maximum atomic E-state index is 12.1. The van der Waals surface area contributed by atoms with Crippen molar-refractivity contribution in [3.8, 4) is 11.8 Å². The Balaban J connectivity index is 1.45. The maximum absolute atomic E-state index is 12.1. The van der Waals surface area contributed by atoms with Crippen LogP contribution in [-0.2, 0) is 6.54 Å². The minimum atomic E-state index is -0.147. The van der Waals surface area contributed by atoms with E-state index in [1.807, 2.05) is 10.9 Å². The van der Waals surface area contributed by atoms with E-state index in [4.69, 9.17) is 10.00 Å². The van der Waals surface area contributed by atoms with E-state index in [2.05, 4.69) is 23.4 Å². The number of aromatic nitrogens is 2. The minimum absolute atomic E-state index is 0.0218. The summed E-state index contributed by atoms with van der Waals surface area (Å²) in [6.07, 6.45) is 4.45. The number of hydrogen-bond donors (Lipinski definition) is 1. The van der Waals surface area contributed by atoms with Crippen molar-refractivity contribution in [2.24, 2.45) is 0 Å². The molecule has 0 unspecified atom stereocenters. The Kier molecular flexibility index (Phi) is 4.66. The van der Waals surface area contributed by atoms with E-state index in [9.17, 15) is 4.79 Å². The Hall–Kier alpha value is -3.01. The highest BCUT2D eigenvalue weighted by atomic mass is 16.5. The predicted molar refractivity (Wildman–Crippen MR) is 88.7 cm³/mol. The van der Waals surface area contributed by atoms with Crippen molar-refractivity contribution in [1.29, 1.82) is 5.26 Å². The predicted octanol–water partition coefficient (Wildman–Crippen LogP) is 2.46. The zero-order valence-corrected chi connectivity index (χ0v) is 13.5. The van der Waals surface area contributed by atoms with Gasteiger partial charge in [0.2, 0.25) is 0 Å². The standard InChI is InChI=1S/C17H19N5O2/c1-2-7-22-10-14(9-19-22)20-17(23)21-11-16(12-21)24-15-5-3-13(8-18)4-6-15/h3-6,9-10,16H,2,7,11-12H2,1H3,(H,20,23). The van der Waals surface area contributed by atoms with E-state index in [1.54, 1.807) is 35.4 Å². The van der Waals surface area contributed by atoms with Crippen molar-refractivity contribution in [1.82, 2.24) is 14.7 Å². The highest BCUT2D eigenvalue weighted by Crippen LogP contribution is 2.19. The molecule has 1 aliphatic heterocycles. The summed E-state index contributed by atoms with van der Waals surface area (Å²) >= 11 is 0. The third-order valence-corrected chi connectivity index (χ3v) is 3.76. The second-order valence-electron chi connectivity index (χ2n) is 5.70. The van der Waals surface area contributed by atoms with E-state index < -0.39 is 0 Å².